The van der Waals surface area contributed by atoms with E-state index in [0.717, 1.165) is 28.3 Å². The minimum atomic E-state index is -0.156. The number of ether oxygens (including phenoxy) is 1. The lowest BCUT2D eigenvalue weighted by Crippen LogP contribution is -2.41. The van der Waals surface area contributed by atoms with Crippen molar-refractivity contribution in [2.75, 3.05) is 13.1 Å². The van der Waals surface area contributed by atoms with E-state index in [1.54, 1.807) is 5.38 Å². The smallest absolute Gasteiger partial charge is 0.270 e. The topological polar surface area (TPSA) is 71.5 Å². The number of fused-ring (bicyclic) bond motifs is 1. The summed E-state index contributed by atoms with van der Waals surface area (Å²) in [4.78, 5) is 31.9. The van der Waals surface area contributed by atoms with Crippen LogP contribution in [-0.2, 0) is 17.8 Å². The van der Waals surface area contributed by atoms with Gasteiger partial charge < -0.3 is 15.0 Å². The first kappa shape index (κ1) is 25.9. The third-order valence-corrected chi connectivity index (χ3v) is 7.00. The van der Waals surface area contributed by atoms with Crippen LogP contribution in [0.4, 0.5) is 0 Å². The van der Waals surface area contributed by atoms with Crippen LogP contribution in [0, 0.1) is 11.8 Å². The van der Waals surface area contributed by atoms with Crippen molar-refractivity contribution in [3.8, 4) is 5.75 Å². The fourth-order valence-corrected chi connectivity index (χ4v) is 5.11. The van der Waals surface area contributed by atoms with Crippen molar-refractivity contribution in [2.24, 2.45) is 11.8 Å². The van der Waals surface area contributed by atoms with Gasteiger partial charge in [0.25, 0.3) is 5.91 Å². The molecule has 0 spiro atoms. The molecule has 7 heteroatoms. The van der Waals surface area contributed by atoms with Crippen LogP contribution < -0.4 is 10.1 Å². The van der Waals surface area contributed by atoms with Crippen LogP contribution >= 0.6 is 11.3 Å². The molecule has 1 N–H and O–H groups in total. The normalized spacial score (nSPS) is 15.2. The van der Waals surface area contributed by atoms with Crippen molar-refractivity contribution in [2.45, 2.75) is 53.2 Å². The van der Waals surface area contributed by atoms with Crippen molar-refractivity contribution < 1.29 is 14.3 Å². The molecule has 0 saturated carbocycles. The quantitative estimate of drug-likeness (QED) is 0.409. The zero-order chi connectivity index (χ0) is 25.7. The number of nitrogens with zero attached hydrogens (tertiary/aromatic N) is 2. The van der Waals surface area contributed by atoms with E-state index in [2.05, 4.69) is 62.3 Å². The van der Waals surface area contributed by atoms with Crippen LogP contribution in [0.25, 0.3) is 0 Å². The van der Waals surface area contributed by atoms with E-state index in [9.17, 15) is 9.59 Å². The molecule has 36 heavy (non-hydrogen) atoms. The Bertz CT molecular complexity index is 1190. The largest absolute Gasteiger partial charge is 0.486 e. The Kier molecular flexibility index (Phi) is 8.41. The van der Waals surface area contributed by atoms with E-state index in [1.807, 2.05) is 29.2 Å². The second kappa shape index (κ2) is 11.7. The molecule has 0 aliphatic carbocycles. The van der Waals surface area contributed by atoms with Gasteiger partial charge >= 0.3 is 0 Å². The third kappa shape index (κ3) is 6.32. The molecule has 1 aliphatic rings. The monoisotopic (exact) mass is 505 g/mol. The second-order valence-corrected chi connectivity index (χ2v) is 11.1. The van der Waals surface area contributed by atoms with Gasteiger partial charge in [0.05, 0.1) is 6.04 Å². The van der Waals surface area contributed by atoms with Crippen LogP contribution in [0.1, 0.15) is 72.3 Å². The van der Waals surface area contributed by atoms with Crippen LogP contribution in [0.3, 0.4) is 0 Å². The Morgan fingerprint density at radius 1 is 1.11 bits per heavy atom. The van der Waals surface area contributed by atoms with Gasteiger partial charge in [-0.25, -0.2) is 4.98 Å². The van der Waals surface area contributed by atoms with Crippen molar-refractivity contribution in [3.63, 3.8) is 0 Å². The Hall–Kier alpha value is -3.19. The molecule has 0 radical (unpaired) electrons. The molecule has 0 fully saturated rings. The first-order valence-electron chi connectivity index (χ1n) is 12.6. The van der Waals surface area contributed by atoms with Gasteiger partial charge in [0.2, 0.25) is 5.91 Å². The maximum absolute atomic E-state index is 13.2. The van der Waals surface area contributed by atoms with Gasteiger partial charge in [-0.05, 0) is 47.1 Å². The van der Waals surface area contributed by atoms with Gasteiger partial charge in [0.15, 0.2) is 0 Å². The van der Waals surface area contributed by atoms with Gasteiger partial charge in [-0.1, -0.05) is 64.1 Å². The highest BCUT2D eigenvalue weighted by atomic mass is 32.1. The number of amides is 2. The van der Waals surface area contributed by atoms with Crippen molar-refractivity contribution >= 4 is 23.2 Å². The Morgan fingerprint density at radius 2 is 1.89 bits per heavy atom. The molecule has 2 amide bonds. The molecule has 190 valence electrons. The SMILES string of the molecule is CC(C)CNC(=O)c1csc(COc2ccc3c(c2)[C@H](c2ccccc2)N(C(=O)CC(C)C)CC3)n1. The zero-order valence-corrected chi connectivity index (χ0v) is 22.3. The Labute approximate surface area is 217 Å². The minimum Gasteiger partial charge on any atom is -0.486 e. The van der Waals surface area contributed by atoms with Crippen molar-refractivity contribution in [1.29, 1.82) is 0 Å². The standard InChI is InChI=1S/C29H35N3O3S/c1-19(2)14-27(33)32-13-12-21-10-11-23(15-24(21)28(32)22-8-6-5-7-9-22)35-17-26-31-25(18-36-26)29(34)30-16-20(3)4/h5-11,15,18-20,28H,12-14,16-17H2,1-4H3,(H,30,34)/t28-/m0/s1. The summed E-state index contributed by atoms with van der Waals surface area (Å²) in [6, 6.07) is 16.2. The number of nitrogens with one attached hydrogen (secondary N) is 1. The molecule has 1 aromatic heterocycles. The molecule has 0 saturated heterocycles. The summed E-state index contributed by atoms with van der Waals surface area (Å²) >= 11 is 1.42. The van der Waals surface area contributed by atoms with E-state index < -0.39 is 0 Å². The molecule has 0 unspecified atom stereocenters. The van der Waals surface area contributed by atoms with E-state index in [-0.39, 0.29) is 24.5 Å². The summed E-state index contributed by atoms with van der Waals surface area (Å²) in [6.07, 6.45) is 1.36. The van der Waals surface area contributed by atoms with E-state index >= 15 is 0 Å². The number of hydrogen-bond acceptors (Lipinski definition) is 5. The van der Waals surface area contributed by atoms with Crippen LogP contribution in [0.2, 0.25) is 0 Å². The van der Waals surface area contributed by atoms with Gasteiger partial charge in [-0.15, -0.1) is 11.3 Å². The number of carbonyl (C=O) groups excluding carboxylic acids is 2. The molecule has 2 aromatic carbocycles. The first-order chi connectivity index (χ1) is 17.3. The molecule has 2 heterocycles. The van der Waals surface area contributed by atoms with Crippen LogP contribution in [-0.4, -0.2) is 34.8 Å². The van der Waals surface area contributed by atoms with E-state index in [1.165, 1.54) is 16.9 Å². The van der Waals surface area contributed by atoms with Gasteiger partial charge in [-0.3, -0.25) is 9.59 Å². The highest BCUT2D eigenvalue weighted by molar-refractivity contribution is 7.09. The Morgan fingerprint density at radius 3 is 2.61 bits per heavy atom. The molecule has 3 aromatic rings. The molecular formula is C29H35N3O3S. The maximum Gasteiger partial charge on any atom is 0.270 e. The fourth-order valence-electron chi connectivity index (χ4n) is 4.43. The number of benzene rings is 2. The summed E-state index contributed by atoms with van der Waals surface area (Å²) in [6.45, 7) is 9.89. The number of aromatic nitrogens is 1. The zero-order valence-electron chi connectivity index (χ0n) is 21.5. The number of hydrogen-bond donors (Lipinski definition) is 1. The van der Waals surface area contributed by atoms with Gasteiger partial charge in [0.1, 0.15) is 23.1 Å². The number of thiazole rings is 1. The molecule has 0 bridgehead atoms. The summed E-state index contributed by atoms with van der Waals surface area (Å²) < 4.78 is 6.11. The summed E-state index contributed by atoms with van der Waals surface area (Å²) in [5.74, 6) is 1.45. The lowest BCUT2D eigenvalue weighted by molar-refractivity contribution is -0.134. The van der Waals surface area contributed by atoms with Gasteiger partial charge in [-0.2, -0.15) is 0 Å². The summed E-state index contributed by atoms with van der Waals surface area (Å²) in [5.41, 5.74) is 3.87. The predicted molar refractivity (Wildman–Crippen MR) is 143 cm³/mol. The molecule has 1 atom stereocenters. The molecular weight excluding hydrogens is 470 g/mol. The first-order valence-corrected chi connectivity index (χ1v) is 13.5. The summed E-state index contributed by atoms with van der Waals surface area (Å²) in [7, 11) is 0. The minimum absolute atomic E-state index is 0.138. The van der Waals surface area contributed by atoms with Gasteiger partial charge in [0, 0.05) is 24.9 Å². The molecule has 4 rings (SSSR count). The van der Waals surface area contributed by atoms with Crippen LogP contribution in [0.5, 0.6) is 5.75 Å². The average molecular weight is 506 g/mol. The van der Waals surface area contributed by atoms with Crippen molar-refractivity contribution in [1.82, 2.24) is 15.2 Å². The van der Waals surface area contributed by atoms with Crippen LogP contribution in [0.15, 0.2) is 53.9 Å². The average Bonchev–Trinajstić information content (AvgIpc) is 3.34. The van der Waals surface area contributed by atoms with E-state index in [4.69, 9.17) is 4.74 Å². The predicted octanol–water partition coefficient (Wildman–Crippen LogP) is 5.63. The van der Waals surface area contributed by atoms with Crippen molar-refractivity contribution in [3.05, 3.63) is 81.3 Å². The number of rotatable bonds is 9. The number of carbonyl (C=O) groups is 2. The lowest BCUT2D eigenvalue weighted by Gasteiger charge is -2.38. The lowest BCUT2D eigenvalue weighted by atomic mass is 9.87. The molecule has 6 nitrogen and oxygen atoms in total. The van der Waals surface area contributed by atoms with E-state index in [0.29, 0.717) is 37.0 Å². The third-order valence-electron chi connectivity index (χ3n) is 6.18. The second-order valence-electron chi connectivity index (χ2n) is 10.1. The highest BCUT2D eigenvalue weighted by Gasteiger charge is 2.32. The highest BCUT2D eigenvalue weighted by Crippen LogP contribution is 2.38. The fraction of sp³-hybridized carbons (Fsp3) is 0.414. The summed E-state index contributed by atoms with van der Waals surface area (Å²) in [5, 5.41) is 5.41. The maximum atomic E-state index is 13.2. The Balaban J connectivity index is 1.53. The molecule has 1 aliphatic heterocycles.